The minimum atomic E-state index is -0.0751. The zero-order valence-electron chi connectivity index (χ0n) is 16.9. The number of nitrogens with zero attached hydrogens (tertiary/aromatic N) is 1. The van der Waals surface area contributed by atoms with Gasteiger partial charge in [0.1, 0.15) is 11.5 Å². The zero-order valence-corrected chi connectivity index (χ0v) is 16.9. The van der Waals surface area contributed by atoms with Crippen molar-refractivity contribution in [2.24, 2.45) is 0 Å². The van der Waals surface area contributed by atoms with Crippen LogP contribution >= 0.6 is 0 Å². The highest BCUT2D eigenvalue weighted by atomic mass is 16.5. The van der Waals surface area contributed by atoms with Crippen molar-refractivity contribution in [2.45, 2.75) is 25.3 Å². The van der Waals surface area contributed by atoms with Crippen molar-refractivity contribution >= 4 is 12.0 Å². The van der Waals surface area contributed by atoms with Gasteiger partial charge in [-0.2, -0.15) is 0 Å². The molecule has 2 heterocycles. The molecule has 1 amide bonds. The van der Waals surface area contributed by atoms with Gasteiger partial charge in [-0.3, -0.25) is 9.69 Å². The van der Waals surface area contributed by atoms with Gasteiger partial charge in [0.2, 0.25) is 5.91 Å². The van der Waals surface area contributed by atoms with Crippen molar-refractivity contribution in [3.63, 3.8) is 0 Å². The molecule has 0 bridgehead atoms. The number of benzene rings is 2. The monoisotopic (exact) mass is 392 g/mol. The number of methoxy groups -OCH3 is 1. The first-order valence-corrected chi connectivity index (χ1v) is 10.3. The van der Waals surface area contributed by atoms with Crippen LogP contribution in [-0.2, 0) is 11.2 Å². The van der Waals surface area contributed by atoms with E-state index in [1.54, 1.807) is 13.2 Å². The normalized spacial score (nSPS) is 17.1. The number of likely N-dealkylation sites (tertiary alicyclic amines) is 1. The summed E-state index contributed by atoms with van der Waals surface area (Å²) in [5.41, 5.74) is 3.40. The van der Waals surface area contributed by atoms with Crippen LogP contribution in [0.15, 0.2) is 48.5 Å². The van der Waals surface area contributed by atoms with Crippen LogP contribution in [-0.4, -0.2) is 44.2 Å². The average molecular weight is 392 g/mol. The van der Waals surface area contributed by atoms with Crippen LogP contribution in [0.5, 0.6) is 11.5 Å². The molecule has 0 aliphatic carbocycles. The molecule has 1 atom stereocenters. The molecule has 2 aliphatic rings. The largest absolute Gasteiger partial charge is 0.497 e. The molecule has 0 aromatic heterocycles. The van der Waals surface area contributed by atoms with E-state index in [4.69, 9.17) is 9.47 Å². The summed E-state index contributed by atoms with van der Waals surface area (Å²) in [5.74, 6) is 1.73. The van der Waals surface area contributed by atoms with Gasteiger partial charge in [0, 0.05) is 19.0 Å². The molecule has 1 fully saturated rings. The summed E-state index contributed by atoms with van der Waals surface area (Å²) in [6.45, 7) is 3.44. The lowest BCUT2D eigenvalue weighted by Crippen LogP contribution is -2.36. The van der Waals surface area contributed by atoms with E-state index < -0.39 is 0 Å². The number of carbonyl (C=O) groups excluding carboxylic acids is 1. The Bertz CT molecular complexity index is 887. The molecule has 29 heavy (non-hydrogen) atoms. The standard InChI is InChI=1S/C24H28N2O3/c1-28-21-6-4-5-19(16-21)22(26-12-2-3-13-26)17-25-24(27)10-8-18-7-9-23-20(15-18)11-14-29-23/h4-10,15-16,22H,2-3,11-14,17H2,1H3,(H,25,27)/b10-8+. The van der Waals surface area contributed by atoms with Gasteiger partial charge in [-0.1, -0.05) is 18.2 Å². The number of carbonyl (C=O) groups is 1. The molecule has 1 saturated heterocycles. The highest BCUT2D eigenvalue weighted by molar-refractivity contribution is 5.91. The summed E-state index contributed by atoms with van der Waals surface area (Å²) in [4.78, 5) is 14.9. The summed E-state index contributed by atoms with van der Waals surface area (Å²) < 4.78 is 10.9. The van der Waals surface area contributed by atoms with Crippen LogP contribution in [0, 0.1) is 0 Å². The molecule has 4 rings (SSSR count). The molecular weight excluding hydrogens is 364 g/mol. The molecule has 1 N–H and O–H groups in total. The van der Waals surface area contributed by atoms with E-state index in [0.717, 1.165) is 43.2 Å². The highest BCUT2D eigenvalue weighted by Crippen LogP contribution is 2.28. The van der Waals surface area contributed by atoms with Crippen molar-refractivity contribution in [2.75, 3.05) is 33.4 Å². The Balaban J connectivity index is 1.40. The van der Waals surface area contributed by atoms with Crippen LogP contribution in [0.1, 0.15) is 35.6 Å². The zero-order chi connectivity index (χ0) is 20.1. The molecule has 0 saturated carbocycles. The maximum absolute atomic E-state index is 12.5. The Labute approximate surface area is 172 Å². The third kappa shape index (κ3) is 4.80. The van der Waals surface area contributed by atoms with Crippen LogP contribution in [0.25, 0.3) is 6.08 Å². The SMILES string of the molecule is COc1cccc(C(CNC(=O)/C=C/c2ccc3c(c2)CCO3)N2CCCC2)c1. The minimum Gasteiger partial charge on any atom is -0.497 e. The van der Waals surface area contributed by atoms with Crippen molar-refractivity contribution in [3.8, 4) is 11.5 Å². The summed E-state index contributed by atoms with van der Waals surface area (Å²) in [7, 11) is 1.68. The predicted octanol–water partition coefficient (Wildman–Crippen LogP) is 3.60. The maximum Gasteiger partial charge on any atom is 0.244 e. The van der Waals surface area contributed by atoms with E-state index in [1.807, 2.05) is 30.3 Å². The van der Waals surface area contributed by atoms with Gasteiger partial charge in [0.05, 0.1) is 19.8 Å². The number of hydrogen-bond acceptors (Lipinski definition) is 4. The lowest BCUT2D eigenvalue weighted by molar-refractivity contribution is -0.116. The van der Waals surface area contributed by atoms with E-state index in [2.05, 4.69) is 28.4 Å². The maximum atomic E-state index is 12.5. The average Bonchev–Trinajstić information content (AvgIpc) is 3.44. The van der Waals surface area contributed by atoms with E-state index in [0.29, 0.717) is 6.54 Å². The van der Waals surface area contributed by atoms with Gasteiger partial charge in [0.15, 0.2) is 0 Å². The van der Waals surface area contributed by atoms with Gasteiger partial charge in [-0.25, -0.2) is 0 Å². The van der Waals surface area contributed by atoms with E-state index in [9.17, 15) is 4.79 Å². The van der Waals surface area contributed by atoms with Gasteiger partial charge in [-0.15, -0.1) is 0 Å². The number of hydrogen-bond donors (Lipinski definition) is 1. The van der Waals surface area contributed by atoms with Crippen LogP contribution in [0.2, 0.25) is 0 Å². The second-order valence-corrected chi connectivity index (χ2v) is 7.58. The van der Waals surface area contributed by atoms with Gasteiger partial charge in [0.25, 0.3) is 0 Å². The van der Waals surface area contributed by atoms with Crippen molar-refractivity contribution < 1.29 is 14.3 Å². The number of fused-ring (bicyclic) bond motifs is 1. The summed E-state index contributed by atoms with van der Waals surface area (Å²) in [5, 5.41) is 3.09. The molecule has 2 aromatic rings. The highest BCUT2D eigenvalue weighted by Gasteiger charge is 2.24. The Kier molecular flexibility index (Phi) is 6.15. The van der Waals surface area contributed by atoms with E-state index in [1.165, 1.54) is 24.0 Å². The first-order valence-electron chi connectivity index (χ1n) is 10.3. The topological polar surface area (TPSA) is 50.8 Å². The lowest BCUT2D eigenvalue weighted by atomic mass is 10.0. The molecular formula is C24H28N2O3. The van der Waals surface area contributed by atoms with E-state index >= 15 is 0 Å². The number of ether oxygens (including phenoxy) is 2. The Hall–Kier alpha value is -2.79. The fourth-order valence-corrected chi connectivity index (χ4v) is 4.10. The molecule has 0 radical (unpaired) electrons. The molecule has 152 valence electrons. The van der Waals surface area contributed by atoms with Crippen LogP contribution in [0.4, 0.5) is 0 Å². The molecule has 2 aromatic carbocycles. The molecule has 5 heteroatoms. The molecule has 0 spiro atoms. The second-order valence-electron chi connectivity index (χ2n) is 7.58. The minimum absolute atomic E-state index is 0.0751. The fraction of sp³-hybridized carbons (Fsp3) is 0.375. The number of amides is 1. The Morgan fingerprint density at radius 1 is 1.24 bits per heavy atom. The summed E-state index contributed by atoms with van der Waals surface area (Å²) in [6, 6.07) is 14.3. The Morgan fingerprint density at radius 2 is 2.10 bits per heavy atom. The quantitative estimate of drug-likeness (QED) is 0.732. The third-order valence-electron chi connectivity index (χ3n) is 5.67. The predicted molar refractivity (Wildman–Crippen MR) is 114 cm³/mol. The molecule has 1 unspecified atom stereocenters. The fourth-order valence-electron chi connectivity index (χ4n) is 4.10. The van der Waals surface area contributed by atoms with Crippen molar-refractivity contribution in [1.82, 2.24) is 10.2 Å². The van der Waals surface area contributed by atoms with Crippen LogP contribution < -0.4 is 14.8 Å². The first kappa shape index (κ1) is 19.5. The second kappa shape index (κ2) is 9.14. The van der Waals surface area contributed by atoms with E-state index in [-0.39, 0.29) is 11.9 Å². The Morgan fingerprint density at radius 3 is 2.93 bits per heavy atom. The third-order valence-corrected chi connectivity index (χ3v) is 5.67. The van der Waals surface area contributed by atoms with Crippen LogP contribution in [0.3, 0.4) is 0 Å². The summed E-state index contributed by atoms with van der Waals surface area (Å²) in [6.07, 6.45) is 6.82. The van der Waals surface area contributed by atoms with Gasteiger partial charge in [-0.05, 0) is 73.0 Å². The van der Waals surface area contributed by atoms with Crippen molar-refractivity contribution in [3.05, 3.63) is 65.2 Å². The van der Waals surface area contributed by atoms with Crippen molar-refractivity contribution in [1.29, 1.82) is 0 Å². The smallest absolute Gasteiger partial charge is 0.244 e. The number of rotatable bonds is 7. The van der Waals surface area contributed by atoms with Gasteiger partial charge >= 0.3 is 0 Å². The number of nitrogens with one attached hydrogen (secondary N) is 1. The van der Waals surface area contributed by atoms with Gasteiger partial charge < -0.3 is 14.8 Å². The summed E-state index contributed by atoms with van der Waals surface area (Å²) >= 11 is 0. The molecule has 2 aliphatic heterocycles. The molecule has 5 nitrogen and oxygen atoms in total. The lowest BCUT2D eigenvalue weighted by Gasteiger charge is -2.28. The first-order chi connectivity index (χ1) is 14.2.